The number of amides is 2. The third kappa shape index (κ3) is 6.67. The zero-order valence-electron chi connectivity index (χ0n) is 16.2. The second-order valence-corrected chi connectivity index (χ2v) is 8.50. The van der Waals surface area contributed by atoms with E-state index < -0.39 is 12.5 Å². The average Bonchev–Trinajstić information content (AvgIpc) is 2.60. The van der Waals surface area contributed by atoms with E-state index in [-0.39, 0.29) is 18.0 Å². The van der Waals surface area contributed by atoms with E-state index in [4.69, 9.17) is 5.11 Å². The van der Waals surface area contributed by atoms with E-state index in [1.54, 1.807) is 0 Å². The van der Waals surface area contributed by atoms with Crippen molar-refractivity contribution in [2.45, 2.75) is 95.4 Å². The number of aliphatic hydroxyl groups excluding tert-OH is 1. The SMILES string of the molecule is CCC1(NC(=O)NCCCCCCC(F)(F)CO)CC2CCCC(C2)C1. The minimum Gasteiger partial charge on any atom is -0.390 e. The molecule has 2 aliphatic carbocycles. The van der Waals surface area contributed by atoms with Gasteiger partial charge in [0, 0.05) is 18.5 Å². The Labute approximate surface area is 156 Å². The highest BCUT2D eigenvalue weighted by atomic mass is 19.3. The van der Waals surface area contributed by atoms with Crippen LogP contribution in [0.2, 0.25) is 0 Å². The molecule has 2 rings (SSSR count). The molecule has 6 heteroatoms. The molecule has 0 heterocycles. The summed E-state index contributed by atoms with van der Waals surface area (Å²) in [5.74, 6) is -1.43. The van der Waals surface area contributed by atoms with Gasteiger partial charge in [-0.2, -0.15) is 0 Å². The minimum atomic E-state index is -2.95. The van der Waals surface area contributed by atoms with Crippen molar-refractivity contribution in [1.29, 1.82) is 0 Å². The van der Waals surface area contributed by atoms with Crippen LogP contribution in [0.4, 0.5) is 13.6 Å². The van der Waals surface area contributed by atoms with Crippen molar-refractivity contribution < 1.29 is 18.7 Å². The molecule has 0 saturated heterocycles. The molecule has 2 bridgehead atoms. The largest absolute Gasteiger partial charge is 0.390 e. The molecule has 2 unspecified atom stereocenters. The van der Waals surface area contributed by atoms with Crippen LogP contribution in [0, 0.1) is 11.8 Å². The average molecular weight is 375 g/mol. The number of hydrogen-bond donors (Lipinski definition) is 3. The van der Waals surface area contributed by atoms with Gasteiger partial charge in [0.15, 0.2) is 0 Å². The molecule has 2 amide bonds. The molecule has 4 nitrogen and oxygen atoms in total. The van der Waals surface area contributed by atoms with Crippen molar-refractivity contribution >= 4 is 6.03 Å². The summed E-state index contributed by atoms with van der Waals surface area (Å²) in [5.41, 5.74) is -0.0477. The molecule has 26 heavy (non-hydrogen) atoms. The van der Waals surface area contributed by atoms with Gasteiger partial charge in [0.25, 0.3) is 5.92 Å². The van der Waals surface area contributed by atoms with Crippen molar-refractivity contribution in [2.75, 3.05) is 13.2 Å². The van der Waals surface area contributed by atoms with E-state index in [9.17, 15) is 13.6 Å². The van der Waals surface area contributed by atoms with Gasteiger partial charge in [0.1, 0.15) is 6.61 Å². The first-order valence-corrected chi connectivity index (χ1v) is 10.4. The van der Waals surface area contributed by atoms with E-state index in [0.717, 1.165) is 43.9 Å². The molecule has 2 atom stereocenters. The second-order valence-electron chi connectivity index (χ2n) is 8.50. The van der Waals surface area contributed by atoms with Gasteiger partial charge < -0.3 is 15.7 Å². The molecule has 0 aromatic rings. The molecule has 3 N–H and O–H groups in total. The summed E-state index contributed by atoms with van der Waals surface area (Å²) in [4.78, 5) is 12.3. The van der Waals surface area contributed by atoms with Crippen LogP contribution in [0.1, 0.15) is 84.0 Å². The Kier molecular flexibility index (Phi) is 8.11. The lowest BCUT2D eigenvalue weighted by Gasteiger charge is -2.47. The van der Waals surface area contributed by atoms with Crippen molar-refractivity contribution in [3.8, 4) is 0 Å². The Morgan fingerprint density at radius 2 is 1.81 bits per heavy atom. The van der Waals surface area contributed by atoms with Gasteiger partial charge in [-0.05, 0) is 50.4 Å². The number of alkyl halides is 2. The van der Waals surface area contributed by atoms with E-state index in [1.165, 1.54) is 25.7 Å². The summed E-state index contributed by atoms with van der Waals surface area (Å²) in [6.07, 6.45) is 10.9. The van der Waals surface area contributed by atoms with Gasteiger partial charge in [-0.3, -0.25) is 0 Å². The molecule has 2 saturated carbocycles. The number of aliphatic hydroxyl groups is 1. The van der Waals surface area contributed by atoms with Crippen molar-refractivity contribution in [2.24, 2.45) is 11.8 Å². The molecular formula is C20H36F2N2O2. The summed E-state index contributed by atoms with van der Waals surface area (Å²) in [6.45, 7) is 1.67. The predicted octanol–water partition coefficient (Wildman–Crippen LogP) is 4.61. The van der Waals surface area contributed by atoms with E-state index in [2.05, 4.69) is 17.6 Å². The number of nitrogens with one attached hydrogen (secondary N) is 2. The normalized spacial score (nSPS) is 28.6. The van der Waals surface area contributed by atoms with Gasteiger partial charge in [0.05, 0.1) is 0 Å². The second kappa shape index (κ2) is 9.86. The van der Waals surface area contributed by atoms with Gasteiger partial charge in [-0.25, -0.2) is 13.6 Å². The number of carbonyl (C=O) groups is 1. The van der Waals surface area contributed by atoms with Crippen LogP contribution in [0.25, 0.3) is 0 Å². The van der Waals surface area contributed by atoms with E-state index in [0.29, 0.717) is 19.4 Å². The Balaban J connectivity index is 1.61. The number of halogens is 2. The number of urea groups is 1. The fourth-order valence-electron chi connectivity index (χ4n) is 4.87. The lowest BCUT2D eigenvalue weighted by atomic mass is 9.64. The highest BCUT2D eigenvalue weighted by molar-refractivity contribution is 5.74. The monoisotopic (exact) mass is 374 g/mol. The molecule has 2 aliphatic rings. The predicted molar refractivity (Wildman–Crippen MR) is 99.4 cm³/mol. The third-order valence-corrected chi connectivity index (χ3v) is 6.29. The third-order valence-electron chi connectivity index (χ3n) is 6.29. The highest BCUT2D eigenvalue weighted by Crippen LogP contribution is 2.45. The molecular weight excluding hydrogens is 338 g/mol. The van der Waals surface area contributed by atoms with Crippen LogP contribution in [0.3, 0.4) is 0 Å². The lowest BCUT2D eigenvalue weighted by Crippen LogP contribution is -2.56. The first kappa shape index (κ1) is 21.4. The number of fused-ring (bicyclic) bond motifs is 2. The Morgan fingerprint density at radius 3 is 2.42 bits per heavy atom. The fraction of sp³-hybridized carbons (Fsp3) is 0.950. The zero-order chi connectivity index (χ0) is 19.0. The molecule has 0 aromatic carbocycles. The van der Waals surface area contributed by atoms with Gasteiger partial charge in [-0.1, -0.05) is 39.0 Å². The molecule has 0 aliphatic heterocycles. The first-order valence-electron chi connectivity index (χ1n) is 10.4. The number of unbranched alkanes of at least 4 members (excludes halogenated alkanes) is 3. The van der Waals surface area contributed by atoms with Crippen LogP contribution >= 0.6 is 0 Å². The van der Waals surface area contributed by atoms with Gasteiger partial charge >= 0.3 is 6.03 Å². The topological polar surface area (TPSA) is 61.4 Å². The summed E-state index contributed by atoms with van der Waals surface area (Å²) in [7, 11) is 0. The lowest BCUT2D eigenvalue weighted by molar-refractivity contribution is -0.0578. The van der Waals surface area contributed by atoms with Crippen molar-refractivity contribution in [1.82, 2.24) is 10.6 Å². The van der Waals surface area contributed by atoms with Crippen LogP contribution in [-0.2, 0) is 0 Å². The van der Waals surface area contributed by atoms with Crippen LogP contribution in [0.5, 0.6) is 0 Å². The molecule has 152 valence electrons. The molecule has 0 aromatic heterocycles. The summed E-state index contributed by atoms with van der Waals surface area (Å²) in [6, 6.07) is -0.0846. The van der Waals surface area contributed by atoms with Gasteiger partial charge in [-0.15, -0.1) is 0 Å². The molecule has 0 spiro atoms. The summed E-state index contributed by atoms with van der Waals surface area (Å²) < 4.78 is 25.8. The minimum absolute atomic E-state index is 0.0477. The van der Waals surface area contributed by atoms with Crippen LogP contribution in [0.15, 0.2) is 0 Å². The molecule has 2 fully saturated rings. The first-order chi connectivity index (χ1) is 12.4. The maximum absolute atomic E-state index is 12.9. The number of rotatable bonds is 10. The maximum Gasteiger partial charge on any atom is 0.315 e. The van der Waals surface area contributed by atoms with Crippen molar-refractivity contribution in [3.05, 3.63) is 0 Å². The van der Waals surface area contributed by atoms with Gasteiger partial charge in [0.2, 0.25) is 0 Å². The standard InChI is InChI=1S/C20H36F2N2O2/c1-2-19(13-16-8-7-9-17(12-16)14-19)24-18(26)23-11-6-4-3-5-10-20(21,22)15-25/h16-17,25H,2-15H2,1H3,(H2,23,24,26). The Bertz CT molecular complexity index is 434. The maximum atomic E-state index is 12.9. The Hall–Kier alpha value is -0.910. The molecule has 0 radical (unpaired) electrons. The van der Waals surface area contributed by atoms with Crippen molar-refractivity contribution in [3.63, 3.8) is 0 Å². The fourth-order valence-corrected chi connectivity index (χ4v) is 4.87. The Morgan fingerprint density at radius 1 is 1.15 bits per heavy atom. The van der Waals surface area contributed by atoms with Crippen LogP contribution in [-0.4, -0.2) is 35.8 Å². The highest BCUT2D eigenvalue weighted by Gasteiger charge is 2.41. The number of hydrogen-bond acceptors (Lipinski definition) is 2. The number of carbonyl (C=O) groups excluding carboxylic acids is 1. The summed E-state index contributed by atoms with van der Waals surface area (Å²) in [5, 5.41) is 14.7. The smallest absolute Gasteiger partial charge is 0.315 e. The zero-order valence-corrected chi connectivity index (χ0v) is 16.2. The quantitative estimate of drug-likeness (QED) is 0.489. The summed E-state index contributed by atoms with van der Waals surface area (Å²) >= 11 is 0. The van der Waals surface area contributed by atoms with Crippen LogP contribution < -0.4 is 10.6 Å². The van der Waals surface area contributed by atoms with E-state index in [1.807, 2.05) is 0 Å². The van der Waals surface area contributed by atoms with E-state index >= 15 is 0 Å².